The maximum Gasteiger partial charge on any atom is 0.0774 e. The van der Waals surface area contributed by atoms with E-state index in [4.69, 9.17) is 4.74 Å². The lowest BCUT2D eigenvalue weighted by atomic mass is 9.94. The molecule has 1 saturated heterocycles. The van der Waals surface area contributed by atoms with Crippen LogP contribution in [-0.2, 0) is 11.3 Å². The first-order valence-corrected chi connectivity index (χ1v) is 8.19. The van der Waals surface area contributed by atoms with E-state index in [1.165, 1.54) is 28.7 Å². The van der Waals surface area contributed by atoms with E-state index in [-0.39, 0.29) is 6.10 Å². The molecule has 1 fully saturated rings. The van der Waals surface area contributed by atoms with Gasteiger partial charge in [0.1, 0.15) is 0 Å². The fraction of sp³-hybridized carbons (Fsp3) is 0.400. The van der Waals surface area contributed by atoms with E-state index in [0.717, 1.165) is 13.0 Å². The summed E-state index contributed by atoms with van der Waals surface area (Å²) >= 11 is 0. The quantitative estimate of drug-likeness (QED) is 0.907. The molecule has 0 aliphatic carbocycles. The summed E-state index contributed by atoms with van der Waals surface area (Å²) < 4.78 is 6.28. The zero-order valence-corrected chi connectivity index (χ0v) is 13.5. The Hall–Kier alpha value is -1.64. The summed E-state index contributed by atoms with van der Waals surface area (Å²) in [6, 6.07) is 17.6. The third-order valence-electron chi connectivity index (χ3n) is 4.31. The van der Waals surface area contributed by atoms with Crippen molar-refractivity contribution in [3.8, 4) is 0 Å². The number of ether oxygens (including phenoxy) is 1. The summed E-state index contributed by atoms with van der Waals surface area (Å²) in [5.41, 5.74) is 5.21. The number of aryl methyl sites for hydroxylation is 2. The van der Waals surface area contributed by atoms with Gasteiger partial charge in [0.05, 0.1) is 18.8 Å². The van der Waals surface area contributed by atoms with Gasteiger partial charge in [0.15, 0.2) is 0 Å². The minimum absolute atomic E-state index is 0.247. The van der Waals surface area contributed by atoms with Crippen LogP contribution >= 0.6 is 0 Å². The molecule has 22 heavy (non-hydrogen) atoms. The standard InChI is InChI=1S/C20H25NO/c1-15-11-16(2)13-17(12-15)14-22-19-9-6-10-21-20(19)18-7-4-3-5-8-18/h3-5,7-8,11-13,19-21H,6,9-10,14H2,1-2H3/t19-,20-/m0/s1. The number of hydrogen-bond donors (Lipinski definition) is 1. The van der Waals surface area contributed by atoms with Crippen LogP contribution in [0, 0.1) is 13.8 Å². The predicted octanol–water partition coefficient (Wildman–Crippen LogP) is 4.31. The predicted molar refractivity (Wildman–Crippen MR) is 90.9 cm³/mol. The highest BCUT2D eigenvalue weighted by molar-refractivity contribution is 5.28. The van der Waals surface area contributed by atoms with Crippen LogP contribution in [0.2, 0.25) is 0 Å². The summed E-state index contributed by atoms with van der Waals surface area (Å²) in [5.74, 6) is 0. The Morgan fingerprint density at radius 1 is 1.05 bits per heavy atom. The van der Waals surface area contributed by atoms with Gasteiger partial charge in [0.25, 0.3) is 0 Å². The van der Waals surface area contributed by atoms with Crippen LogP contribution < -0.4 is 5.32 Å². The molecule has 0 radical (unpaired) electrons. The van der Waals surface area contributed by atoms with Crippen LogP contribution in [0.25, 0.3) is 0 Å². The van der Waals surface area contributed by atoms with Crippen molar-refractivity contribution in [2.45, 2.75) is 45.4 Å². The van der Waals surface area contributed by atoms with E-state index >= 15 is 0 Å². The minimum atomic E-state index is 0.247. The molecule has 3 rings (SSSR count). The molecule has 2 heteroatoms. The van der Waals surface area contributed by atoms with Gasteiger partial charge < -0.3 is 10.1 Å². The number of benzene rings is 2. The highest BCUT2D eigenvalue weighted by atomic mass is 16.5. The summed E-state index contributed by atoms with van der Waals surface area (Å²) in [7, 11) is 0. The van der Waals surface area contributed by atoms with Crippen molar-refractivity contribution >= 4 is 0 Å². The number of hydrogen-bond acceptors (Lipinski definition) is 2. The summed E-state index contributed by atoms with van der Waals surface area (Å²) in [4.78, 5) is 0. The largest absolute Gasteiger partial charge is 0.372 e. The molecule has 2 atom stereocenters. The smallest absolute Gasteiger partial charge is 0.0774 e. The van der Waals surface area contributed by atoms with Gasteiger partial charge >= 0.3 is 0 Å². The molecule has 2 aromatic carbocycles. The highest BCUT2D eigenvalue weighted by Crippen LogP contribution is 2.27. The van der Waals surface area contributed by atoms with Gasteiger partial charge in [-0.15, -0.1) is 0 Å². The molecule has 116 valence electrons. The molecule has 2 nitrogen and oxygen atoms in total. The molecule has 2 aromatic rings. The minimum Gasteiger partial charge on any atom is -0.372 e. The SMILES string of the molecule is Cc1cc(C)cc(CO[C@H]2CCCN[C@H]2c2ccccc2)c1. The lowest BCUT2D eigenvalue weighted by Crippen LogP contribution is -2.39. The number of piperidine rings is 1. The first kappa shape index (κ1) is 15.3. The van der Waals surface area contributed by atoms with E-state index in [2.05, 4.69) is 67.7 Å². The summed E-state index contributed by atoms with van der Waals surface area (Å²) in [6.45, 7) is 6.05. The van der Waals surface area contributed by atoms with Crippen molar-refractivity contribution in [1.82, 2.24) is 5.32 Å². The van der Waals surface area contributed by atoms with E-state index in [9.17, 15) is 0 Å². The Bertz CT molecular complexity index is 588. The number of rotatable bonds is 4. The average molecular weight is 295 g/mol. The molecule has 1 heterocycles. The van der Waals surface area contributed by atoms with Crippen LogP contribution in [0.4, 0.5) is 0 Å². The molecule has 0 amide bonds. The van der Waals surface area contributed by atoms with Gasteiger partial charge in [-0.1, -0.05) is 59.7 Å². The average Bonchev–Trinajstić information content (AvgIpc) is 2.53. The Morgan fingerprint density at radius 3 is 2.50 bits per heavy atom. The van der Waals surface area contributed by atoms with E-state index in [1.54, 1.807) is 0 Å². The van der Waals surface area contributed by atoms with Crippen LogP contribution in [0.15, 0.2) is 48.5 Å². The van der Waals surface area contributed by atoms with Gasteiger partial charge in [0, 0.05) is 0 Å². The Labute approximate surface area is 133 Å². The molecule has 1 aliphatic heterocycles. The summed E-state index contributed by atoms with van der Waals surface area (Å²) in [5, 5.41) is 3.62. The van der Waals surface area contributed by atoms with Crippen molar-refractivity contribution in [2.24, 2.45) is 0 Å². The molecule has 0 spiro atoms. The second kappa shape index (κ2) is 7.08. The summed E-state index contributed by atoms with van der Waals surface area (Å²) in [6.07, 6.45) is 2.55. The number of nitrogens with one attached hydrogen (secondary N) is 1. The molecule has 0 unspecified atom stereocenters. The van der Waals surface area contributed by atoms with E-state index < -0.39 is 0 Å². The van der Waals surface area contributed by atoms with Gasteiger partial charge in [0.2, 0.25) is 0 Å². The van der Waals surface area contributed by atoms with E-state index in [0.29, 0.717) is 12.6 Å². The zero-order valence-electron chi connectivity index (χ0n) is 13.5. The lowest BCUT2D eigenvalue weighted by Gasteiger charge is -2.33. The second-order valence-electron chi connectivity index (χ2n) is 6.33. The topological polar surface area (TPSA) is 21.3 Å². The van der Waals surface area contributed by atoms with Gasteiger partial charge in [-0.2, -0.15) is 0 Å². The van der Waals surface area contributed by atoms with Crippen LogP contribution in [0.1, 0.15) is 41.1 Å². The normalized spacial score (nSPS) is 21.7. The molecular weight excluding hydrogens is 270 g/mol. The zero-order chi connectivity index (χ0) is 15.4. The molecule has 0 aromatic heterocycles. The Morgan fingerprint density at radius 2 is 1.77 bits per heavy atom. The first-order chi connectivity index (χ1) is 10.7. The molecular formula is C20H25NO. The Kier molecular flexibility index (Phi) is 4.91. The molecule has 1 aliphatic rings. The van der Waals surface area contributed by atoms with Crippen LogP contribution in [0.3, 0.4) is 0 Å². The van der Waals surface area contributed by atoms with Crippen LogP contribution in [-0.4, -0.2) is 12.6 Å². The molecule has 0 bridgehead atoms. The monoisotopic (exact) mass is 295 g/mol. The van der Waals surface area contributed by atoms with E-state index in [1.807, 2.05) is 0 Å². The highest BCUT2D eigenvalue weighted by Gasteiger charge is 2.26. The third-order valence-corrected chi connectivity index (χ3v) is 4.31. The molecule has 0 saturated carbocycles. The van der Waals surface area contributed by atoms with Crippen molar-refractivity contribution in [1.29, 1.82) is 0 Å². The van der Waals surface area contributed by atoms with Crippen molar-refractivity contribution in [3.63, 3.8) is 0 Å². The maximum absolute atomic E-state index is 6.28. The van der Waals surface area contributed by atoms with Crippen molar-refractivity contribution in [3.05, 3.63) is 70.8 Å². The first-order valence-electron chi connectivity index (χ1n) is 8.19. The lowest BCUT2D eigenvalue weighted by molar-refractivity contribution is -0.00360. The maximum atomic E-state index is 6.28. The van der Waals surface area contributed by atoms with Crippen molar-refractivity contribution in [2.75, 3.05) is 6.54 Å². The van der Waals surface area contributed by atoms with Gasteiger partial charge in [-0.25, -0.2) is 0 Å². The van der Waals surface area contributed by atoms with Gasteiger partial charge in [-0.3, -0.25) is 0 Å². The Balaban J connectivity index is 1.69. The molecule has 1 N–H and O–H groups in total. The fourth-order valence-corrected chi connectivity index (χ4v) is 3.39. The van der Waals surface area contributed by atoms with Crippen LogP contribution in [0.5, 0.6) is 0 Å². The third kappa shape index (κ3) is 3.76. The van der Waals surface area contributed by atoms with Crippen molar-refractivity contribution < 1.29 is 4.74 Å². The second-order valence-corrected chi connectivity index (χ2v) is 6.33. The van der Waals surface area contributed by atoms with Gasteiger partial charge in [-0.05, 0) is 44.4 Å². The fourth-order valence-electron chi connectivity index (χ4n) is 3.39.